The molecule has 0 radical (unpaired) electrons. The number of benzene rings is 1. The topological polar surface area (TPSA) is 90.9 Å². The summed E-state index contributed by atoms with van der Waals surface area (Å²) in [6, 6.07) is 4.79. The molecule has 1 aromatic heterocycles. The van der Waals surface area contributed by atoms with Gasteiger partial charge in [0.25, 0.3) is 15.2 Å². The van der Waals surface area contributed by atoms with E-state index in [9.17, 15) is 8.42 Å². The summed E-state index contributed by atoms with van der Waals surface area (Å²) >= 11 is 12.1. The summed E-state index contributed by atoms with van der Waals surface area (Å²) in [4.78, 5) is 0. The SMILES string of the molecule is CC(C)n1c(-c2cccc(Cl)c2Cl)nnc1S(N)(=O)=O. The molecular weight excluding hydrogens is 323 g/mol. The van der Waals surface area contributed by atoms with Crippen molar-refractivity contribution in [3.63, 3.8) is 0 Å². The summed E-state index contributed by atoms with van der Waals surface area (Å²) in [5.41, 5.74) is 0.496. The molecule has 0 unspecified atom stereocenters. The van der Waals surface area contributed by atoms with E-state index < -0.39 is 10.0 Å². The van der Waals surface area contributed by atoms with Gasteiger partial charge in [0.2, 0.25) is 0 Å². The summed E-state index contributed by atoms with van der Waals surface area (Å²) in [5, 5.41) is 13.0. The van der Waals surface area contributed by atoms with E-state index >= 15 is 0 Å². The van der Waals surface area contributed by atoms with Crippen LogP contribution in [0.25, 0.3) is 11.4 Å². The second-order valence-corrected chi connectivity index (χ2v) is 6.66. The maximum Gasteiger partial charge on any atom is 0.273 e. The van der Waals surface area contributed by atoms with Gasteiger partial charge >= 0.3 is 0 Å². The quantitative estimate of drug-likeness (QED) is 0.933. The third-order valence-electron chi connectivity index (χ3n) is 2.63. The summed E-state index contributed by atoms with van der Waals surface area (Å²) in [5.74, 6) is 0.302. The molecule has 0 fully saturated rings. The zero-order chi connectivity index (χ0) is 15.1. The molecule has 0 saturated heterocycles. The molecular formula is C11H12Cl2N4O2S. The molecule has 108 valence electrons. The van der Waals surface area contributed by atoms with Crippen molar-refractivity contribution in [1.82, 2.24) is 14.8 Å². The van der Waals surface area contributed by atoms with Gasteiger partial charge in [0.1, 0.15) is 0 Å². The van der Waals surface area contributed by atoms with Gasteiger partial charge in [-0.2, -0.15) is 0 Å². The Balaban J connectivity index is 2.76. The number of aromatic nitrogens is 3. The number of hydrogen-bond acceptors (Lipinski definition) is 4. The molecule has 0 atom stereocenters. The highest BCUT2D eigenvalue weighted by atomic mass is 35.5. The van der Waals surface area contributed by atoms with Crippen LogP contribution in [-0.2, 0) is 10.0 Å². The number of primary sulfonamides is 1. The van der Waals surface area contributed by atoms with Gasteiger partial charge in [-0.1, -0.05) is 29.3 Å². The molecule has 0 aliphatic heterocycles. The maximum absolute atomic E-state index is 11.6. The van der Waals surface area contributed by atoms with Gasteiger partial charge in [-0.3, -0.25) is 4.57 Å². The van der Waals surface area contributed by atoms with Crippen LogP contribution in [0.15, 0.2) is 23.4 Å². The van der Waals surface area contributed by atoms with E-state index in [4.69, 9.17) is 28.3 Å². The van der Waals surface area contributed by atoms with E-state index in [0.717, 1.165) is 0 Å². The van der Waals surface area contributed by atoms with Crippen molar-refractivity contribution in [2.24, 2.45) is 5.14 Å². The third kappa shape index (κ3) is 2.67. The molecule has 0 bridgehead atoms. The van der Waals surface area contributed by atoms with E-state index in [-0.39, 0.29) is 16.2 Å². The van der Waals surface area contributed by atoms with Gasteiger partial charge < -0.3 is 0 Å². The Labute approximate surface area is 126 Å². The second kappa shape index (κ2) is 5.33. The zero-order valence-corrected chi connectivity index (χ0v) is 13.0. The first-order valence-corrected chi connectivity index (χ1v) is 7.95. The van der Waals surface area contributed by atoms with Crippen molar-refractivity contribution in [2.45, 2.75) is 25.0 Å². The summed E-state index contributed by atoms with van der Waals surface area (Å²) in [6.45, 7) is 3.58. The molecule has 2 rings (SSSR count). The molecule has 1 aromatic carbocycles. The van der Waals surface area contributed by atoms with Crippen LogP contribution in [0.4, 0.5) is 0 Å². The Morgan fingerprint density at radius 3 is 2.45 bits per heavy atom. The predicted molar refractivity (Wildman–Crippen MR) is 77.2 cm³/mol. The Morgan fingerprint density at radius 1 is 1.25 bits per heavy atom. The minimum Gasteiger partial charge on any atom is -0.294 e. The molecule has 9 heteroatoms. The first-order valence-electron chi connectivity index (χ1n) is 5.65. The highest BCUT2D eigenvalue weighted by Gasteiger charge is 2.25. The number of nitrogens with two attached hydrogens (primary N) is 1. The predicted octanol–water partition coefficient (Wildman–Crippen LogP) is 2.48. The van der Waals surface area contributed by atoms with Gasteiger partial charge in [0, 0.05) is 11.6 Å². The van der Waals surface area contributed by atoms with Gasteiger partial charge in [0.05, 0.1) is 10.0 Å². The number of rotatable bonds is 3. The molecule has 2 N–H and O–H groups in total. The van der Waals surface area contributed by atoms with Crippen LogP contribution in [0.3, 0.4) is 0 Å². The van der Waals surface area contributed by atoms with Crippen molar-refractivity contribution < 1.29 is 8.42 Å². The molecule has 0 spiro atoms. The Bertz CT molecular complexity index is 756. The molecule has 20 heavy (non-hydrogen) atoms. The van der Waals surface area contributed by atoms with Crippen molar-refractivity contribution in [2.75, 3.05) is 0 Å². The largest absolute Gasteiger partial charge is 0.294 e. The standard InChI is InChI=1S/C11H12Cl2N4O2S/c1-6(2)17-10(15-16-11(17)20(14,18)19)7-4-3-5-8(12)9(7)13/h3-6H,1-2H3,(H2,14,18,19). The number of hydrogen-bond donors (Lipinski definition) is 1. The smallest absolute Gasteiger partial charge is 0.273 e. The van der Waals surface area contributed by atoms with Crippen molar-refractivity contribution in [3.05, 3.63) is 28.2 Å². The molecule has 6 nitrogen and oxygen atoms in total. The normalized spacial score (nSPS) is 12.1. The highest BCUT2D eigenvalue weighted by molar-refractivity contribution is 7.89. The van der Waals surface area contributed by atoms with Gasteiger partial charge in [-0.05, 0) is 26.0 Å². The van der Waals surface area contributed by atoms with Crippen LogP contribution in [0.5, 0.6) is 0 Å². The highest BCUT2D eigenvalue weighted by Crippen LogP contribution is 2.34. The fourth-order valence-electron chi connectivity index (χ4n) is 1.80. The van der Waals surface area contributed by atoms with Crippen LogP contribution in [-0.4, -0.2) is 23.2 Å². The lowest BCUT2D eigenvalue weighted by Crippen LogP contribution is -2.20. The molecule has 0 aliphatic carbocycles. The first kappa shape index (κ1) is 15.2. The average molecular weight is 335 g/mol. The molecule has 0 aliphatic rings. The minimum atomic E-state index is -3.98. The van der Waals surface area contributed by atoms with Crippen LogP contribution in [0.1, 0.15) is 19.9 Å². The lowest BCUT2D eigenvalue weighted by atomic mass is 10.2. The first-order chi connectivity index (χ1) is 9.23. The van der Waals surface area contributed by atoms with Crippen molar-refractivity contribution in [3.8, 4) is 11.4 Å². The average Bonchev–Trinajstić information content (AvgIpc) is 2.77. The summed E-state index contributed by atoms with van der Waals surface area (Å²) in [6.07, 6.45) is 0. The van der Waals surface area contributed by atoms with Gasteiger partial charge in [-0.15, -0.1) is 10.2 Å². The summed E-state index contributed by atoms with van der Waals surface area (Å²) in [7, 11) is -3.98. The van der Waals surface area contributed by atoms with Gasteiger partial charge in [0.15, 0.2) is 5.82 Å². The fraction of sp³-hybridized carbons (Fsp3) is 0.273. The number of sulfonamides is 1. The zero-order valence-electron chi connectivity index (χ0n) is 10.7. The van der Waals surface area contributed by atoms with E-state index in [0.29, 0.717) is 16.4 Å². The van der Waals surface area contributed by atoms with Crippen molar-refractivity contribution in [1.29, 1.82) is 0 Å². The van der Waals surface area contributed by atoms with E-state index in [1.807, 2.05) is 0 Å². The lowest BCUT2D eigenvalue weighted by Gasteiger charge is -2.13. The lowest BCUT2D eigenvalue weighted by molar-refractivity contribution is 0.524. The van der Waals surface area contributed by atoms with E-state index in [2.05, 4.69) is 10.2 Å². The fourth-order valence-corrected chi connectivity index (χ4v) is 2.91. The van der Waals surface area contributed by atoms with Crippen molar-refractivity contribution >= 4 is 33.2 Å². The molecule has 1 heterocycles. The molecule has 2 aromatic rings. The number of halogens is 2. The number of nitrogens with zero attached hydrogens (tertiary/aromatic N) is 3. The van der Waals surface area contributed by atoms with Gasteiger partial charge in [-0.25, -0.2) is 13.6 Å². The molecule has 0 amide bonds. The van der Waals surface area contributed by atoms with Crippen LogP contribution >= 0.6 is 23.2 Å². The Morgan fingerprint density at radius 2 is 1.90 bits per heavy atom. The van der Waals surface area contributed by atoms with Crippen LogP contribution < -0.4 is 5.14 Å². The Kier molecular flexibility index (Phi) is 4.06. The second-order valence-electron chi connectivity index (χ2n) is 4.42. The monoisotopic (exact) mass is 334 g/mol. The minimum absolute atomic E-state index is 0.219. The molecule has 0 saturated carbocycles. The van der Waals surface area contributed by atoms with Crippen LogP contribution in [0, 0.1) is 0 Å². The van der Waals surface area contributed by atoms with Crippen LogP contribution in [0.2, 0.25) is 10.0 Å². The van der Waals surface area contributed by atoms with E-state index in [1.54, 1.807) is 32.0 Å². The summed E-state index contributed by atoms with van der Waals surface area (Å²) < 4.78 is 24.5. The van der Waals surface area contributed by atoms with E-state index in [1.165, 1.54) is 4.57 Å². The Hall–Kier alpha value is -1.15. The maximum atomic E-state index is 11.6. The third-order valence-corrected chi connectivity index (χ3v) is 4.23.